The van der Waals surface area contributed by atoms with Crippen LogP contribution in [0.4, 0.5) is 5.69 Å². The third-order valence-corrected chi connectivity index (χ3v) is 3.16. The number of hydrogen-bond donors (Lipinski definition) is 1. The maximum absolute atomic E-state index is 10.6. The number of aliphatic hydroxyl groups excluding tert-OH is 1. The molecule has 1 N–H and O–H groups in total. The van der Waals surface area contributed by atoms with Crippen molar-refractivity contribution in [3.63, 3.8) is 0 Å². The van der Waals surface area contributed by atoms with Gasteiger partial charge in [0.25, 0.3) is 5.69 Å². The van der Waals surface area contributed by atoms with Crippen LogP contribution >= 0.6 is 0 Å². The van der Waals surface area contributed by atoms with Crippen molar-refractivity contribution in [1.29, 1.82) is 0 Å². The minimum atomic E-state index is -0.680. The number of nitro groups is 1. The van der Waals surface area contributed by atoms with E-state index in [0.29, 0.717) is 0 Å². The summed E-state index contributed by atoms with van der Waals surface area (Å²) in [6.07, 6.45) is 0.932. The molecule has 5 nitrogen and oxygen atoms in total. The first-order chi connectivity index (χ1) is 10.1. The Hall–Kier alpha value is -2.53. The lowest BCUT2D eigenvalue weighted by atomic mass is 10.0. The number of hydrogen-bond acceptors (Lipinski definition) is 4. The SMILES string of the molecule is C[C@@H](N=Cc1ccc([N+](=O)[O-])cc1)[C@H](O)c1ccccc1. The fraction of sp³-hybridized carbons (Fsp3) is 0.188. The van der Waals surface area contributed by atoms with Gasteiger partial charge in [-0.25, -0.2) is 0 Å². The fourth-order valence-electron chi connectivity index (χ4n) is 1.90. The van der Waals surface area contributed by atoms with Crippen LogP contribution in [0.25, 0.3) is 0 Å². The molecule has 0 aromatic heterocycles. The highest BCUT2D eigenvalue weighted by Crippen LogP contribution is 2.18. The molecule has 0 aliphatic heterocycles. The number of aliphatic imine (C=N–C) groups is 1. The average Bonchev–Trinajstić information content (AvgIpc) is 2.53. The number of nitrogens with zero attached hydrogens (tertiary/aromatic N) is 2. The van der Waals surface area contributed by atoms with Crippen molar-refractivity contribution < 1.29 is 10.0 Å². The number of rotatable bonds is 5. The van der Waals surface area contributed by atoms with Gasteiger partial charge in [-0.1, -0.05) is 30.3 Å². The highest BCUT2D eigenvalue weighted by Gasteiger charge is 2.14. The van der Waals surface area contributed by atoms with Crippen molar-refractivity contribution in [2.24, 2.45) is 4.99 Å². The monoisotopic (exact) mass is 284 g/mol. The molecular formula is C16H16N2O3. The highest BCUT2D eigenvalue weighted by molar-refractivity contribution is 5.80. The molecule has 5 heteroatoms. The lowest BCUT2D eigenvalue weighted by Gasteiger charge is -2.15. The zero-order valence-electron chi connectivity index (χ0n) is 11.6. The summed E-state index contributed by atoms with van der Waals surface area (Å²) in [5, 5.41) is 20.7. The van der Waals surface area contributed by atoms with Crippen molar-refractivity contribution in [2.75, 3.05) is 0 Å². The van der Waals surface area contributed by atoms with Gasteiger partial charge in [0.1, 0.15) is 6.10 Å². The quantitative estimate of drug-likeness (QED) is 0.520. The molecule has 2 aromatic carbocycles. The average molecular weight is 284 g/mol. The standard InChI is InChI=1S/C16H16N2O3/c1-12(16(19)14-5-3-2-4-6-14)17-11-13-7-9-15(10-8-13)18(20)21/h2-12,16,19H,1H3/t12-,16+/m1/s1. The van der Waals surface area contributed by atoms with Crippen LogP contribution in [0.5, 0.6) is 0 Å². The van der Waals surface area contributed by atoms with Gasteiger partial charge in [0, 0.05) is 18.3 Å². The summed E-state index contributed by atoms with van der Waals surface area (Å²) in [7, 11) is 0. The molecule has 0 aliphatic carbocycles. The van der Waals surface area contributed by atoms with Gasteiger partial charge in [0.15, 0.2) is 0 Å². The van der Waals surface area contributed by atoms with Crippen LogP contribution in [0.1, 0.15) is 24.2 Å². The van der Waals surface area contributed by atoms with Gasteiger partial charge in [-0.15, -0.1) is 0 Å². The Morgan fingerprint density at radius 1 is 1.14 bits per heavy atom. The molecular weight excluding hydrogens is 268 g/mol. The Balaban J connectivity index is 2.04. The molecule has 0 radical (unpaired) electrons. The zero-order chi connectivity index (χ0) is 15.2. The first-order valence-corrected chi connectivity index (χ1v) is 6.58. The molecule has 0 heterocycles. The smallest absolute Gasteiger partial charge is 0.269 e. The molecule has 2 rings (SSSR count). The number of non-ortho nitro benzene ring substituents is 1. The third kappa shape index (κ3) is 3.97. The largest absolute Gasteiger partial charge is 0.386 e. The van der Waals surface area contributed by atoms with Gasteiger partial charge in [-0.3, -0.25) is 15.1 Å². The summed E-state index contributed by atoms with van der Waals surface area (Å²) in [4.78, 5) is 14.4. The van der Waals surface area contributed by atoms with E-state index in [2.05, 4.69) is 4.99 Å². The van der Waals surface area contributed by atoms with Crippen LogP contribution in [0, 0.1) is 10.1 Å². The van der Waals surface area contributed by atoms with Gasteiger partial charge < -0.3 is 5.11 Å². The summed E-state index contributed by atoms with van der Waals surface area (Å²) in [6.45, 7) is 1.82. The van der Waals surface area contributed by atoms with Crippen LogP contribution in [0.15, 0.2) is 59.6 Å². The lowest BCUT2D eigenvalue weighted by Crippen LogP contribution is -2.12. The van der Waals surface area contributed by atoms with E-state index in [-0.39, 0.29) is 11.7 Å². The van der Waals surface area contributed by atoms with Crippen molar-refractivity contribution >= 4 is 11.9 Å². The zero-order valence-corrected chi connectivity index (χ0v) is 11.6. The summed E-state index contributed by atoms with van der Waals surface area (Å²) in [5.41, 5.74) is 1.61. The molecule has 0 amide bonds. The molecule has 21 heavy (non-hydrogen) atoms. The van der Waals surface area contributed by atoms with Crippen LogP contribution in [-0.4, -0.2) is 22.3 Å². The van der Waals surface area contributed by atoms with Crippen LogP contribution in [-0.2, 0) is 0 Å². The van der Waals surface area contributed by atoms with Gasteiger partial charge in [0.05, 0.1) is 11.0 Å². The van der Waals surface area contributed by atoms with Crippen LogP contribution in [0.3, 0.4) is 0 Å². The first-order valence-electron chi connectivity index (χ1n) is 6.58. The van der Waals surface area contributed by atoms with Crippen LogP contribution < -0.4 is 0 Å². The molecule has 0 aliphatic rings. The van der Waals surface area contributed by atoms with E-state index in [1.165, 1.54) is 12.1 Å². The Morgan fingerprint density at radius 2 is 1.76 bits per heavy atom. The Labute approximate surface area is 122 Å². The molecule has 0 saturated carbocycles. The number of aliphatic hydroxyl groups is 1. The van der Waals surface area contributed by atoms with Gasteiger partial charge in [0.2, 0.25) is 0 Å². The van der Waals surface area contributed by atoms with Gasteiger partial charge in [-0.2, -0.15) is 0 Å². The highest BCUT2D eigenvalue weighted by atomic mass is 16.6. The minimum absolute atomic E-state index is 0.0459. The van der Waals surface area contributed by atoms with Crippen molar-refractivity contribution in [3.8, 4) is 0 Å². The van der Waals surface area contributed by atoms with Gasteiger partial charge >= 0.3 is 0 Å². The number of benzene rings is 2. The van der Waals surface area contributed by atoms with E-state index in [4.69, 9.17) is 0 Å². The van der Waals surface area contributed by atoms with E-state index in [1.54, 1.807) is 18.3 Å². The van der Waals surface area contributed by atoms with Crippen molar-refractivity contribution in [3.05, 3.63) is 75.8 Å². The normalized spacial score (nSPS) is 14.0. The Morgan fingerprint density at radius 3 is 2.33 bits per heavy atom. The molecule has 2 aromatic rings. The summed E-state index contributed by atoms with van der Waals surface area (Å²) in [5.74, 6) is 0. The maximum atomic E-state index is 10.6. The Bertz CT molecular complexity index is 624. The first kappa shape index (κ1) is 14.9. The van der Waals surface area contributed by atoms with E-state index in [1.807, 2.05) is 37.3 Å². The van der Waals surface area contributed by atoms with Crippen molar-refractivity contribution in [1.82, 2.24) is 0 Å². The Kier molecular flexibility index (Phi) is 4.79. The molecule has 0 saturated heterocycles. The minimum Gasteiger partial charge on any atom is -0.386 e. The lowest BCUT2D eigenvalue weighted by molar-refractivity contribution is -0.384. The second kappa shape index (κ2) is 6.76. The topological polar surface area (TPSA) is 75.7 Å². The molecule has 108 valence electrons. The van der Waals surface area contributed by atoms with E-state index < -0.39 is 11.0 Å². The van der Waals surface area contributed by atoms with E-state index in [0.717, 1.165) is 11.1 Å². The van der Waals surface area contributed by atoms with Crippen LogP contribution in [0.2, 0.25) is 0 Å². The van der Waals surface area contributed by atoms with Crippen molar-refractivity contribution in [2.45, 2.75) is 19.1 Å². The summed E-state index contributed by atoms with van der Waals surface area (Å²) >= 11 is 0. The maximum Gasteiger partial charge on any atom is 0.269 e. The molecule has 0 spiro atoms. The molecule has 2 atom stereocenters. The summed E-state index contributed by atoms with van der Waals surface area (Å²) in [6, 6.07) is 15.1. The predicted molar refractivity (Wildman–Crippen MR) is 81.6 cm³/mol. The van der Waals surface area contributed by atoms with E-state index >= 15 is 0 Å². The molecule has 0 fully saturated rings. The number of nitro benzene ring substituents is 1. The molecule has 0 unspecified atom stereocenters. The second-order valence-electron chi connectivity index (χ2n) is 4.72. The van der Waals surface area contributed by atoms with Gasteiger partial charge in [-0.05, 0) is 30.2 Å². The fourth-order valence-corrected chi connectivity index (χ4v) is 1.90. The third-order valence-electron chi connectivity index (χ3n) is 3.16. The summed E-state index contributed by atoms with van der Waals surface area (Å²) < 4.78 is 0. The van der Waals surface area contributed by atoms with E-state index in [9.17, 15) is 15.2 Å². The second-order valence-corrected chi connectivity index (χ2v) is 4.72. The predicted octanol–water partition coefficient (Wildman–Crippen LogP) is 3.14. The molecule has 0 bridgehead atoms.